The molecule has 0 saturated heterocycles. The van der Waals surface area contributed by atoms with Crippen molar-refractivity contribution in [1.82, 2.24) is 9.73 Å². The molecule has 0 aliphatic carbocycles. The van der Waals surface area contributed by atoms with Crippen LogP contribution in [-0.2, 0) is 21.4 Å². The minimum absolute atomic E-state index is 0.0141. The molecule has 0 fully saturated rings. The van der Waals surface area contributed by atoms with Crippen LogP contribution in [0.3, 0.4) is 0 Å². The Bertz CT molecular complexity index is 1280. The number of hydrogen-bond donors (Lipinski definition) is 2. The Morgan fingerprint density at radius 1 is 1.00 bits per heavy atom. The van der Waals surface area contributed by atoms with Crippen molar-refractivity contribution in [2.45, 2.75) is 11.4 Å². The van der Waals surface area contributed by atoms with Gasteiger partial charge in [0.15, 0.2) is 0 Å². The number of hydrazone groups is 1. The van der Waals surface area contributed by atoms with Crippen LogP contribution in [0.15, 0.2) is 76.7 Å². The fourth-order valence-electron chi connectivity index (χ4n) is 2.79. The Morgan fingerprint density at radius 2 is 1.67 bits per heavy atom. The molecule has 0 unspecified atom stereocenters. The Morgan fingerprint density at radius 3 is 2.33 bits per heavy atom. The molecular weight excluding hydrogens is 509 g/mol. The molecule has 11 heteroatoms. The van der Waals surface area contributed by atoms with E-state index < -0.39 is 22.5 Å². The van der Waals surface area contributed by atoms with Crippen LogP contribution in [0.2, 0.25) is 15.1 Å². The highest BCUT2D eigenvalue weighted by molar-refractivity contribution is 7.89. The summed E-state index contributed by atoms with van der Waals surface area (Å²) in [7, 11) is -4.09. The summed E-state index contributed by atoms with van der Waals surface area (Å²) in [5.74, 6) is -0.705. The maximum atomic E-state index is 13.3. The normalized spacial score (nSPS) is 11.8. The van der Waals surface area contributed by atoms with E-state index >= 15 is 0 Å². The van der Waals surface area contributed by atoms with Gasteiger partial charge in [-0.2, -0.15) is 9.41 Å². The van der Waals surface area contributed by atoms with Gasteiger partial charge in [0, 0.05) is 27.2 Å². The second-order valence-electron chi connectivity index (χ2n) is 6.81. The third kappa shape index (κ3) is 6.69. The minimum Gasteiger partial charge on any atom is -0.507 e. The predicted octanol–water partition coefficient (Wildman–Crippen LogP) is 4.69. The van der Waals surface area contributed by atoms with Crippen LogP contribution in [0, 0.1) is 0 Å². The molecule has 33 heavy (non-hydrogen) atoms. The number of phenols is 1. The highest BCUT2D eigenvalue weighted by Crippen LogP contribution is 2.25. The number of halogens is 3. The van der Waals surface area contributed by atoms with E-state index in [1.165, 1.54) is 42.6 Å². The van der Waals surface area contributed by atoms with Gasteiger partial charge in [0.25, 0.3) is 5.91 Å². The molecule has 0 aromatic heterocycles. The lowest BCUT2D eigenvalue weighted by molar-refractivity contribution is -0.121. The number of para-hydroxylation sites is 1. The van der Waals surface area contributed by atoms with Crippen LogP contribution < -0.4 is 5.43 Å². The standard InChI is InChI=1S/C22H18Cl3N3O4S/c23-17-7-9-19(10-8-17)33(31,32)28(13-16-5-6-18(24)11-20(16)25)14-22(30)27-26-12-15-3-1-2-4-21(15)29/h1-12,29H,13-14H2,(H,27,30)/b26-12-. The molecule has 0 aliphatic heterocycles. The van der Waals surface area contributed by atoms with E-state index in [1.807, 2.05) is 0 Å². The molecule has 0 aliphatic rings. The highest BCUT2D eigenvalue weighted by atomic mass is 35.5. The van der Waals surface area contributed by atoms with Crippen LogP contribution in [0.4, 0.5) is 0 Å². The van der Waals surface area contributed by atoms with Gasteiger partial charge in [-0.3, -0.25) is 4.79 Å². The number of carbonyl (C=O) groups is 1. The van der Waals surface area contributed by atoms with Crippen LogP contribution >= 0.6 is 34.8 Å². The van der Waals surface area contributed by atoms with Crippen molar-refractivity contribution in [3.63, 3.8) is 0 Å². The third-order valence-electron chi connectivity index (χ3n) is 4.46. The monoisotopic (exact) mass is 525 g/mol. The summed E-state index contributed by atoms with van der Waals surface area (Å²) in [5, 5.41) is 14.6. The first-order valence-corrected chi connectivity index (χ1v) is 12.0. The number of amides is 1. The summed E-state index contributed by atoms with van der Waals surface area (Å²) >= 11 is 18.0. The number of phenolic OH excluding ortho intramolecular Hbond substituents is 1. The van der Waals surface area contributed by atoms with Crippen LogP contribution in [0.1, 0.15) is 11.1 Å². The van der Waals surface area contributed by atoms with E-state index in [9.17, 15) is 18.3 Å². The van der Waals surface area contributed by atoms with E-state index in [4.69, 9.17) is 34.8 Å². The zero-order chi connectivity index (χ0) is 24.0. The van der Waals surface area contributed by atoms with Crippen molar-refractivity contribution in [2.24, 2.45) is 5.10 Å². The second-order valence-corrected chi connectivity index (χ2v) is 10.0. The fourth-order valence-corrected chi connectivity index (χ4v) is 4.76. The Kier molecular flexibility index (Phi) is 8.34. The summed E-state index contributed by atoms with van der Waals surface area (Å²) < 4.78 is 27.5. The zero-order valence-electron chi connectivity index (χ0n) is 17.0. The molecule has 3 aromatic rings. The van der Waals surface area contributed by atoms with E-state index in [2.05, 4.69) is 10.5 Å². The molecule has 0 heterocycles. The number of aromatic hydroxyl groups is 1. The lowest BCUT2D eigenvalue weighted by atomic mass is 10.2. The van der Waals surface area contributed by atoms with E-state index in [-0.39, 0.29) is 22.2 Å². The second kappa shape index (κ2) is 11.0. The molecule has 0 atom stereocenters. The Labute approximate surface area is 206 Å². The Balaban J connectivity index is 1.83. The number of nitrogens with zero attached hydrogens (tertiary/aromatic N) is 2. The van der Waals surface area contributed by atoms with Crippen molar-refractivity contribution in [3.8, 4) is 5.75 Å². The van der Waals surface area contributed by atoms with Crippen LogP contribution in [-0.4, -0.2) is 36.5 Å². The first-order valence-electron chi connectivity index (χ1n) is 9.46. The summed E-state index contributed by atoms with van der Waals surface area (Å²) in [6, 6.07) is 16.6. The van der Waals surface area contributed by atoms with Crippen molar-refractivity contribution in [2.75, 3.05) is 6.54 Å². The average molecular weight is 527 g/mol. The molecule has 172 valence electrons. The van der Waals surface area contributed by atoms with E-state index in [0.717, 1.165) is 4.31 Å². The van der Waals surface area contributed by atoms with Gasteiger partial charge in [-0.1, -0.05) is 53.0 Å². The molecule has 7 nitrogen and oxygen atoms in total. The first kappa shape index (κ1) is 25.0. The number of benzene rings is 3. The van der Waals surface area contributed by atoms with Crippen molar-refractivity contribution >= 4 is 56.9 Å². The maximum absolute atomic E-state index is 13.3. The predicted molar refractivity (Wildman–Crippen MR) is 129 cm³/mol. The number of hydrogen-bond acceptors (Lipinski definition) is 5. The lowest BCUT2D eigenvalue weighted by Gasteiger charge is -2.22. The van der Waals surface area contributed by atoms with Gasteiger partial charge in [-0.25, -0.2) is 13.8 Å². The molecule has 0 saturated carbocycles. The largest absolute Gasteiger partial charge is 0.507 e. The molecular formula is C22H18Cl3N3O4S. The number of carbonyl (C=O) groups excluding carboxylic acids is 1. The van der Waals surface area contributed by atoms with E-state index in [1.54, 1.807) is 30.3 Å². The van der Waals surface area contributed by atoms with Gasteiger partial charge in [0.05, 0.1) is 17.7 Å². The minimum atomic E-state index is -4.09. The molecule has 0 bridgehead atoms. The van der Waals surface area contributed by atoms with Crippen LogP contribution in [0.25, 0.3) is 0 Å². The molecule has 2 N–H and O–H groups in total. The van der Waals surface area contributed by atoms with Crippen molar-refractivity contribution in [3.05, 3.63) is 92.9 Å². The average Bonchev–Trinajstić information content (AvgIpc) is 2.76. The number of nitrogens with one attached hydrogen (secondary N) is 1. The number of sulfonamides is 1. The summed E-state index contributed by atoms with van der Waals surface area (Å²) in [4.78, 5) is 12.5. The highest BCUT2D eigenvalue weighted by Gasteiger charge is 2.27. The third-order valence-corrected chi connectivity index (χ3v) is 7.11. The number of rotatable bonds is 8. The van der Waals surface area contributed by atoms with Gasteiger partial charge in [0.1, 0.15) is 5.75 Å². The fraction of sp³-hybridized carbons (Fsp3) is 0.0909. The summed E-state index contributed by atoms with van der Waals surface area (Å²) in [5.41, 5.74) is 3.12. The molecule has 0 spiro atoms. The summed E-state index contributed by atoms with van der Waals surface area (Å²) in [6.07, 6.45) is 1.25. The van der Waals surface area contributed by atoms with Crippen LogP contribution in [0.5, 0.6) is 5.75 Å². The Hall–Kier alpha value is -2.62. The van der Waals surface area contributed by atoms with Gasteiger partial charge < -0.3 is 5.11 Å². The lowest BCUT2D eigenvalue weighted by Crippen LogP contribution is -2.39. The molecule has 1 amide bonds. The van der Waals surface area contributed by atoms with Crippen molar-refractivity contribution < 1.29 is 18.3 Å². The zero-order valence-corrected chi connectivity index (χ0v) is 20.0. The van der Waals surface area contributed by atoms with Gasteiger partial charge in [-0.05, 0) is 54.1 Å². The molecule has 3 rings (SSSR count). The summed E-state index contributed by atoms with van der Waals surface area (Å²) in [6.45, 7) is -0.723. The topological polar surface area (TPSA) is 99.1 Å². The van der Waals surface area contributed by atoms with Gasteiger partial charge >= 0.3 is 0 Å². The first-order chi connectivity index (χ1) is 15.7. The van der Waals surface area contributed by atoms with Crippen molar-refractivity contribution in [1.29, 1.82) is 0 Å². The molecule has 0 radical (unpaired) electrons. The van der Waals surface area contributed by atoms with Gasteiger partial charge in [-0.15, -0.1) is 0 Å². The van der Waals surface area contributed by atoms with E-state index in [0.29, 0.717) is 21.2 Å². The molecule has 3 aromatic carbocycles. The smallest absolute Gasteiger partial charge is 0.255 e. The van der Waals surface area contributed by atoms with Gasteiger partial charge in [0.2, 0.25) is 10.0 Å². The quantitative estimate of drug-likeness (QED) is 0.328. The maximum Gasteiger partial charge on any atom is 0.255 e. The SMILES string of the molecule is O=C(CN(Cc1ccc(Cl)cc1Cl)S(=O)(=O)c1ccc(Cl)cc1)N/N=C\c1ccccc1O.